The molecule has 1 fully saturated rings. The van der Waals surface area contributed by atoms with Gasteiger partial charge in [0.1, 0.15) is 12.2 Å². The number of piperazine rings is 1. The van der Waals surface area contributed by atoms with Crippen molar-refractivity contribution in [1.82, 2.24) is 30.7 Å². The van der Waals surface area contributed by atoms with Crippen LogP contribution in [-0.4, -0.2) is 64.8 Å². The van der Waals surface area contributed by atoms with E-state index in [1.807, 2.05) is 6.92 Å². The second-order valence-corrected chi connectivity index (χ2v) is 4.44. The van der Waals surface area contributed by atoms with Crippen LogP contribution in [0.15, 0.2) is 6.33 Å². The lowest BCUT2D eigenvalue weighted by Crippen LogP contribution is -2.52. The number of H-pyrrole nitrogens is 1. The van der Waals surface area contributed by atoms with Crippen molar-refractivity contribution in [1.29, 1.82) is 0 Å². The molecule has 1 saturated heterocycles. The molecule has 1 aromatic heterocycles. The number of carbonyl (C=O) groups excluding carboxylic acids is 1. The predicted molar refractivity (Wildman–Crippen MR) is 67.0 cm³/mol. The van der Waals surface area contributed by atoms with E-state index in [0.717, 1.165) is 32.0 Å². The molecular formula is C11H20N6O. The number of amides is 1. The van der Waals surface area contributed by atoms with Gasteiger partial charge in [-0.25, -0.2) is 4.98 Å². The Morgan fingerprint density at radius 1 is 1.56 bits per heavy atom. The Morgan fingerprint density at radius 3 is 3.00 bits per heavy atom. The second kappa shape index (κ2) is 6.46. The molecule has 1 atom stereocenters. The fraction of sp³-hybridized carbons (Fsp3) is 0.727. The van der Waals surface area contributed by atoms with Crippen molar-refractivity contribution in [2.75, 3.05) is 32.7 Å². The van der Waals surface area contributed by atoms with Crippen LogP contribution in [0, 0.1) is 0 Å². The zero-order valence-electron chi connectivity index (χ0n) is 10.6. The first kappa shape index (κ1) is 13.0. The van der Waals surface area contributed by atoms with E-state index in [1.54, 1.807) is 0 Å². The van der Waals surface area contributed by atoms with Crippen LogP contribution in [0.5, 0.6) is 0 Å². The highest BCUT2D eigenvalue weighted by molar-refractivity contribution is 5.81. The molecule has 1 aliphatic rings. The minimum atomic E-state index is -0.0678. The summed E-state index contributed by atoms with van der Waals surface area (Å²) < 4.78 is 0. The molecule has 0 aliphatic carbocycles. The van der Waals surface area contributed by atoms with Gasteiger partial charge in [0, 0.05) is 39.1 Å². The van der Waals surface area contributed by atoms with Crippen LogP contribution in [0.2, 0.25) is 0 Å². The molecule has 2 rings (SSSR count). The standard InChI is InChI=1S/C11H20N6O/c1-9(17-6-4-12-5-7-17)11(18)13-3-2-10-14-8-15-16-10/h8-9,12H,2-7H2,1H3,(H,13,18)(H,14,15,16). The summed E-state index contributed by atoms with van der Waals surface area (Å²) >= 11 is 0. The van der Waals surface area contributed by atoms with Crippen molar-refractivity contribution in [3.63, 3.8) is 0 Å². The van der Waals surface area contributed by atoms with Gasteiger partial charge in [0.2, 0.25) is 5.91 Å². The quantitative estimate of drug-likeness (QED) is 0.610. The molecule has 3 N–H and O–H groups in total. The number of aromatic amines is 1. The van der Waals surface area contributed by atoms with Gasteiger partial charge in [0.25, 0.3) is 0 Å². The van der Waals surface area contributed by atoms with Crippen molar-refractivity contribution < 1.29 is 4.79 Å². The van der Waals surface area contributed by atoms with E-state index in [4.69, 9.17) is 0 Å². The normalized spacial score (nSPS) is 18.5. The highest BCUT2D eigenvalue weighted by Crippen LogP contribution is 2.00. The monoisotopic (exact) mass is 252 g/mol. The highest BCUT2D eigenvalue weighted by atomic mass is 16.2. The summed E-state index contributed by atoms with van der Waals surface area (Å²) in [6.07, 6.45) is 2.15. The van der Waals surface area contributed by atoms with Gasteiger partial charge in [-0.05, 0) is 6.92 Å². The topological polar surface area (TPSA) is 85.9 Å². The molecule has 7 heteroatoms. The van der Waals surface area contributed by atoms with Gasteiger partial charge in [-0.1, -0.05) is 0 Å². The Hall–Kier alpha value is -1.47. The molecule has 0 saturated carbocycles. The molecule has 0 spiro atoms. The minimum Gasteiger partial charge on any atom is -0.354 e. The van der Waals surface area contributed by atoms with Crippen LogP contribution in [0.3, 0.4) is 0 Å². The number of nitrogens with one attached hydrogen (secondary N) is 3. The molecule has 1 aromatic rings. The summed E-state index contributed by atoms with van der Waals surface area (Å²) in [5.41, 5.74) is 0. The molecule has 0 bridgehead atoms. The van der Waals surface area contributed by atoms with Crippen molar-refractivity contribution >= 4 is 5.91 Å². The predicted octanol–water partition coefficient (Wildman–Crippen LogP) is -1.24. The third-order valence-electron chi connectivity index (χ3n) is 3.20. The molecule has 100 valence electrons. The van der Waals surface area contributed by atoms with Crippen molar-refractivity contribution in [3.05, 3.63) is 12.2 Å². The van der Waals surface area contributed by atoms with E-state index in [2.05, 4.69) is 30.7 Å². The SMILES string of the molecule is CC(C(=O)NCCc1ncn[nH]1)N1CCNCC1. The minimum absolute atomic E-state index is 0.0678. The van der Waals surface area contributed by atoms with Crippen LogP contribution in [0.4, 0.5) is 0 Å². The second-order valence-electron chi connectivity index (χ2n) is 4.44. The van der Waals surface area contributed by atoms with Gasteiger partial charge >= 0.3 is 0 Å². The van der Waals surface area contributed by atoms with E-state index in [9.17, 15) is 4.79 Å². The Kier molecular flexibility index (Phi) is 4.66. The number of nitrogens with zero attached hydrogens (tertiary/aromatic N) is 3. The van der Waals surface area contributed by atoms with Crippen LogP contribution >= 0.6 is 0 Å². The molecule has 2 heterocycles. The molecule has 0 radical (unpaired) electrons. The Morgan fingerprint density at radius 2 is 2.33 bits per heavy atom. The number of hydrogen-bond donors (Lipinski definition) is 3. The molecule has 1 aliphatic heterocycles. The summed E-state index contributed by atoms with van der Waals surface area (Å²) in [6.45, 7) is 6.30. The molecular weight excluding hydrogens is 232 g/mol. The largest absolute Gasteiger partial charge is 0.354 e. The molecule has 1 amide bonds. The average Bonchev–Trinajstić information content (AvgIpc) is 2.92. The lowest BCUT2D eigenvalue weighted by Gasteiger charge is -2.31. The van der Waals surface area contributed by atoms with Crippen molar-refractivity contribution in [3.8, 4) is 0 Å². The number of rotatable bonds is 5. The first-order chi connectivity index (χ1) is 8.77. The Balaban J connectivity index is 1.70. The lowest BCUT2D eigenvalue weighted by atomic mass is 10.2. The van der Waals surface area contributed by atoms with Gasteiger partial charge in [-0.2, -0.15) is 5.10 Å². The third-order valence-corrected chi connectivity index (χ3v) is 3.20. The highest BCUT2D eigenvalue weighted by Gasteiger charge is 2.22. The zero-order valence-corrected chi connectivity index (χ0v) is 10.6. The maximum atomic E-state index is 12.0. The average molecular weight is 252 g/mol. The maximum Gasteiger partial charge on any atom is 0.237 e. The first-order valence-corrected chi connectivity index (χ1v) is 6.34. The fourth-order valence-electron chi connectivity index (χ4n) is 2.04. The molecule has 0 aromatic carbocycles. The van der Waals surface area contributed by atoms with E-state index >= 15 is 0 Å². The first-order valence-electron chi connectivity index (χ1n) is 6.34. The summed E-state index contributed by atoms with van der Waals surface area (Å²) in [5.74, 6) is 0.876. The van der Waals surface area contributed by atoms with E-state index in [-0.39, 0.29) is 11.9 Å². The fourth-order valence-corrected chi connectivity index (χ4v) is 2.04. The summed E-state index contributed by atoms with van der Waals surface area (Å²) in [4.78, 5) is 18.2. The number of carbonyl (C=O) groups is 1. The zero-order chi connectivity index (χ0) is 12.8. The number of hydrogen-bond acceptors (Lipinski definition) is 5. The van der Waals surface area contributed by atoms with E-state index in [1.165, 1.54) is 6.33 Å². The van der Waals surface area contributed by atoms with E-state index in [0.29, 0.717) is 13.0 Å². The summed E-state index contributed by atoms with van der Waals surface area (Å²) in [5, 5.41) is 12.7. The lowest BCUT2D eigenvalue weighted by molar-refractivity contribution is -0.126. The van der Waals surface area contributed by atoms with Gasteiger partial charge in [-0.3, -0.25) is 14.8 Å². The van der Waals surface area contributed by atoms with Crippen molar-refractivity contribution in [2.45, 2.75) is 19.4 Å². The van der Waals surface area contributed by atoms with E-state index < -0.39 is 0 Å². The van der Waals surface area contributed by atoms with Gasteiger partial charge in [0.15, 0.2) is 0 Å². The van der Waals surface area contributed by atoms with Crippen LogP contribution < -0.4 is 10.6 Å². The number of aromatic nitrogens is 3. The third kappa shape index (κ3) is 3.51. The summed E-state index contributed by atoms with van der Waals surface area (Å²) in [7, 11) is 0. The Bertz CT molecular complexity index is 360. The molecule has 18 heavy (non-hydrogen) atoms. The van der Waals surface area contributed by atoms with Gasteiger partial charge in [-0.15, -0.1) is 0 Å². The van der Waals surface area contributed by atoms with Gasteiger partial charge in [0.05, 0.1) is 6.04 Å². The molecule has 1 unspecified atom stereocenters. The molecule has 7 nitrogen and oxygen atoms in total. The van der Waals surface area contributed by atoms with Crippen LogP contribution in [-0.2, 0) is 11.2 Å². The van der Waals surface area contributed by atoms with Gasteiger partial charge < -0.3 is 10.6 Å². The van der Waals surface area contributed by atoms with Crippen LogP contribution in [0.1, 0.15) is 12.7 Å². The smallest absolute Gasteiger partial charge is 0.237 e. The maximum absolute atomic E-state index is 12.0. The summed E-state index contributed by atoms with van der Waals surface area (Å²) in [6, 6.07) is -0.0678. The Labute approximate surface area is 106 Å². The van der Waals surface area contributed by atoms with Crippen LogP contribution in [0.25, 0.3) is 0 Å². The van der Waals surface area contributed by atoms with Crippen molar-refractivity contribution in [2.24, 2.45) is 0 Å².